The van der Waals surface area contributed by atoms with Crippen molar-refractivity contribution in [2.24, 2.45) is 12.0 Å². The van der Waals surface area contributed by atoms with Crippen molar-refractivity contribution in [3.8, 4) is 5.75 Å². The van der Waals surface area contributed by atoms with Crippen LogP contribution >= 0.6 is 0 Å². The van der Waals surface area contributed by atoms with Crippen molar-refractivity contribution in [1.29, 1.82) is 0 Å². The van der Waals surface area contributed by atoms with Crippen LogP contribution in [0.15, 0.2) is 47.5 Å². The van der Waals surface area contributed by atoms with Crippen molar-refractivity contribution in [1.82, 2.24) is 20.2 Å². The molecule has 3 rings (SSSR count). The Balaban J connectivity index is 1.74. The van der Waals surface area contributed by atoms with Gasteiger partial charge in [-0.05, 0) is 51.5 Å². The van der Waals surface area contributed by atoms with E-state index in [1.165, 1.54) is 5.56 Å². The van der Waals surface area contributed by atoms with Gasteiger partial charge in [0.25, 0.3) is 0 Å². The summed E-state index contributed by atoms with van der Waals surface area (Å²) in [7, 11) is 2.04. The summed E-state index contributed by atoms with van der Waals surface area (Å²) in [5, 5.41) is 6.70. The second-order valence-corrected chi connectivity index (χ2v) is 7.40. The van der Waals surface area contributed by atoms with Crippen LogP contribution in [0.2, 0.25) is 0 Å². The Morgan fingerprint density at radius 1 is 1.17 bits per heavy atom. The number of imidazole rings is 1. The van der Waals surface area contributed by atoms with Crippen LogP contribution in [0.4, 0.5) is 0 Å². The monoisotopic (exact) mass is 393 g/mol. The molecule has 0 amide bonds. The SMILES string of the molecule is CCNC(=NCc1ccc(C)cc1OC(C)C)NCc1nc2ccccc2n1C. The number of rotatable bonds is 7. The number of nitrogens with one attached hydrogen (secondary N) is 2. The number of hydrogen-bond acceptors (Lipinski definition) is 3. The fourth-order valence-electron chi connectivity index (χ4n) is 3.18. The summed E-state index contributed by atoms with van der Waals surface area (Å²) in [4.78, 5) is 9.47. The number of hydrogen-bond donors (Lipinski definition) is 2. The molecule has 0 fully saturated rings. The first-order valence-electron chi connectivity index (χ1n) is 10.2. The molecule has 0 atom stereocenters. The summed E-state index contributed by atoms with van der Waals surface area (Å²) in [6.07, 6.45) is 0.128. The number of para-hydroxylation sites is 2. The molecule has 0 unspecified atom stereocenters. The third-order valence-electron chi connectivity index (χ3n) is 4.63. The first-order chi connectivity index (χ1) is 14.0. The van der Waals surface area contributed by atoms with Gasteiger partial charge in [-0.1, -0.05) is 24.3 Å². The second kappa shape index (κ2) is 9.45. The van der Waals surface area contributed by atoms with Gasteiger partial charge in [-0.25, -0.2) is 9.98 Å². The zero-order chi connectivity index (χ0) is 20.8. The lowest BCUT2D eigenvalue weighted by molar-refractivity contribution is 0.240. The standard InChI is InChI=1S/C23H31N5O/c1-6-24-23(25-14-18-12-11-17(4)13-21(18)29-16(2)3)26-15-22-27-19-9-7-8-10-20(19)28(22)5/h7-13,16H,6,14-15H2,1-5H3,(H2,24,25,26). The van der Waals surface area contributed by atoms with Gasteiger partial charge < -0.3 is 19.9 Å². The van der Waals surface area contributed by atoms with E-state index in [9.17, 15) is 0 Å². The molecule has 0 spiro atoms. The predicted octanol–water partition coefficient (Wildman–Crippen LogP) is 3.92. The molecule has 2 aromatic carbocycles. The van der Waals surface area contributed by atoms with Gasteiger partial charge in [-0.2, -0.15) is 0 Å². The Kier molecular flexibility index (Phi) is 6.75. The van der Waals surface area contributed by atoms with Crippen LogP contribution in [0.25, 0.3) is 11.0 Å². The molecular formula is C23H31N5O. The molecule has 154 valence electrons. The lowest BCUT2D eigenvalue weighted by atomic mass is 10.1. The van der Waals surface area contributed by atoms with E-state index in [0.29, 0.717) is 13.1 Å². The first-order valence-corrected chi connectivity index (χ1v) is 10.2. The van der Waals surface area contributed by atoms with Gasteiger partial charge >= 0.3 is 0 Å². The second-order valence-electron chi connectivity index (χ2n) is 7.40. The van der Waals surface area contributed by atoms with Crippen molar-refractivity contribution < 1.29 is 4.74 Å². The van der Waals surface area contributed by atoms with Crippen LogP contribution in [0, 0.1) is 6.92 Å². The van der Waals surface area contributed by atoms with Gasteiger partial charge in [0, 0.05) is 19.2 Å². The number of aromatic nitrogens is 2. The molecule has 0 saturated carbocycles. The maximum absolute atomic E-state index is 5.97. The lowest BCUT2D eigenvalue weighted by Crippen LogP contribution is -2.37. The summed E-state index contributed by atoms with van der Waals surface area (Å²) in [6, 6.07) is 14.4. The van der Waals surface area contributed by atoms with Crippen LogP contribution in [0.1, 0.15) is 37.7 Å². The minimum Gasteiger partial charge on any atom is -0.491 e. The van der Waals surface area contributed by atoms with Crippen LogP contribution in [0.5, 0.6) is 5.75 Å². The number of guanidine groups is 1. The Labute approximate surface area is 173 Å². The number of aliphatic imine (C=N–C) groups is 1. The summed E-state index contributed by atoms with van der Waals surface area (Å²) in [6.45, 7) is 10.1. The highest BCUT2D eigenvalue weighted by Crippen LogP contribution is 2.22. The number of fused-ring (bicyclic) bond motifs is 1. The van der Waals surface area contributed by atoms with Crippen molar-refractivity contribution in [2.45, 2.75) is 46.9 Å². The largest absolute Gasteiger partial charge is 0.491 e. The Morgan fingerprint density at radius 2 is 1.97 bits per heavy atom. The van der Waals surface area contributed by atoms with Gasteiger partial charge in [0.15, 0.2) is 5.96 Å². The summed E-state index contributed by atoms with van der Waals surface area (Å²) in [5.74, 6) is 2.63. The molecule has 0 bridgehead atoms. The smallest absolute Gasteiger partial charge is 0.191 e. The third-order valence-corrected chi connectivity index (χ3v) is 4.63. The lowest BCUT2D eigenvalue weighted by Gasteiger charge is -2.15. The van der Waals surface area contributed by atoms with Crippen molar-refractivity contribution >= 4 is 17.0 Å². The predicted molar refractivity (Wildman–Crippen MR) is 119 cm³/mol. The molecule has 6 heteroatoms. The average molecular weight is 394 g/mol. The molecular weight excluding hydrogens is 362 g/mol. The van der Waals surface area contributed by atoms with E-state index in [2.05, 4.69) is 53.3 Å². The van der Waals surface area contributed by atoms with E-state index in [0.717, 1.165) is 40.7 Å². The molecule has 29 heavy (non-hydrogen) atoms. The third kappa shape index (κ3) is 5.28. The molecule has 2 N–H and O–H groups in total. The maximum Gasteiger partial charge on any atom is 0.191 e. The normalized spacial score (nSPS) is 11.9. The molecule has 0 aliphatic heterocycles. The van der Waals surface area contributed by atoms with Crippen LogP contribution < -0.4 is 15.4 Å². The minimum atomic E-state index is 0.128. The van der Waals surface area contributed by atoms with E-state index in [1.54, 1.807) is 0 Å². The topological polar surface area (TPSA) is 63.5 Å². The van der Waals surface area contributed by atoms with Gasteiger partial charge in [0.1, 0.15) is 11.6 Å². The molecule has 6 nitrogen and oxygen atoms in total. The number of ether oxygens (including phenoxy) is 1. The van der Waals surface area contributed by atoms with Crippen LogP contribution in [-0.2, 0) is 20.1 Å². The quantitative estimate of drug-likeness (QED) is 0.472. The van der Waals surface area contributed by atoms with Crippen LogP contribution in [0.3, 0.4) is 0 Å². The highest BCUT2D eigenvalue weighted by molar-refractivity contribution is 5.80. The minimum absolute atomic E-state index is 0.128. The molecule has 0 saturated heterocycles. The molecule has 3 aromatic rings. The van der Waals surface area contributed by atoms with Gasteiger partial charge in [-0.15, -0.1) is 0 Å². The summed E-state index contributed by atoms with van der Waals surface area (Å²) < 4.78 is 8.09. The number of nitrogens with zero attached hydrogens (tertiary/aromatic N) is 3. The van der Waals surface area contributed by atoms with Gasteiger partial charge in [0.2, 0.25) is 0 Å². The number of aryl methyl sites for hydroxylation is 2. The van der Waals surface area contributed by atoms with E-state index in [1.807, 2.05) is 39.1 Å². The fraction of sp³-hybridized carbons (Fsp3) is 0.391. The fourth-order valence-corrected chi connectivity index (χ4v) is 3.18. The van der Waals surface area contributed by atoms with Crippen LogP contribution in [-0.4, -0.2) is 28.2 Å². The van der Waals surface area contributed by atoms with E-state index in [-0.39, 0.29) is 6.10 Å². The summed E-state index contributed by atoms with van der Waals surface area (Å²) >= 11 is 0. The molecule has 1 aromatic heterocycles. The van der Waals surface area contributed by atoms with Crippen molar-refractivity contribution in [3.63, 3.8) is 0 Å². The first kappa shape index (κ1) is 20.7. The molecule has 0 radical (unpaired) electrons. The summed E-state index contributed by atoms with van der Waals surface area (Å²) in [5.41, 5.74) is 4.38. The van der Waals surface area contributed by atoms with Crippen molar-refractivity contribution in [3.05, 3.63) is 59.4 Å². The zero-order valence-electron chi connectivity index (χ0n) is 18.0. The zero-order valence-corrected chi connectivity index (χ0v) is 18.0. The van der Waals surface area contributed by atoms with Crippen molar-refractivity contribution in [2.75, 3.05) is 6.54 Å². The Hall–Kier alpha value is -3.02. The Bertz CT molecular complexity index is 990. The van der Waals surface area contributed by atoms with E-state index < -0.39 is 0 Å². The average Bonchev–Trinajstić information content (AvgIpc) is 3.01. The molecule has 0 aliphatic rings. The Morgan fingerprint density at radius 3 is 2.69 bits per heavy atom. The maximum atomic E-state index is 5.97. The molecule has 0 aliphatic carbocycles. The van der Waals surface area contributed by atoms with Gasteiger partial charge in [0.05, 0.1) is 30.2 Å². The highest BCUT2D eigenvalue weighted by atomic mass is 16.5. The van der Waals surface area contributed by atoms with E-state index >= 15 is 0 Å². The van der Waals surface area contributed by atoms with Gasteiger partial charge in [-0.3, -0.25) is 0 Å². The van der Waals surface area contributed by atoms with E-state index in [4.69, 9.17) is 14.7 Å². The number of benzene rings is 2. The highest BCUT2D eigenvalue weighted by Gasteiger charge is 2.09. The molecule has 1 heterocycles.